The molecule has 5 N–H and O–H groups in total. The second kappa shape index (κ2) is 16.8. The van der Waals surface area contributed by atoms with Gasteiger partial charge in [0.05, 0.1) is 50.2 Å². The quantitative estimate of drug-likeness (QED) is 0.0127. The van der Waals surface area contributed by atoms with Crippen LogP contribution >= 0.6 is 12.3 Å². The largest absolute Gasteiger partial charge is 0.505 e. The van der Waals surface area contributed by atoms with E-state index in [1.54, 1.807) is 0 Å². The topological polar surface area (TPSA) is 314 Å². The maximum atomic E-state index is 12.5. The number of azo groups is 3. The minimum atomic E-state index is -4.68. The molecule has 0 bridgehead atoms. The van der Waals surface area contributed by atoms with E-state index in [2.05, 4.69) is 40.1 Å². The third-order valence-electron chi connectivity index (χ3n) is 7.05. The molecular formula is C30H23N7O14S3. The van der Waals surface area contributed by atoms with Crippen molar-refractivity contribution < 1.29 is 60.4 Å². The number of hydrogen-bond acceptors (Lipinski definition) is 20. The van der Waals surface area contributed by atoms with Crippen molar-refractivity contribution in [2.45, 2.75) is 9.79 Å². The van der Waals surface area contributed by atoms with Crippen molar-refractivity contribution in [1.82, 2.24) is 0 Å². The smallest absolute Gasteiger partial charge is 0.294 e. The number of nitro benzene ring substituents is 1. The fourth-order valence-electron chi connectivity index (χ4n) is 4.45. The molecule has 0 saturated carbocycles. The van der Waals surface area contributed by atoms with Gasteiger partial charge in [0.2, 0.25) is 0 Å². The molecule has 21 nitrogen and oxygen atoms in total. The van der Waals surface area contributed by atoms with Crippen LogP contribution in [-0.2, 0) is 33.5 Å². The summed E-state index contributed by atoms with van der Waals surface area (Å²) in [7, 11) is -8.43. The lowest BCUT2D eigenvalue weighted by atomic mass is 10.1. The van der Waals surface area contributed by atoms with Crippen molar-refractivity contribution >= 4 is 82.9 Å². The Morgan fingerprint density at radius 3 is 1.96 bits per heavy atom. The molecule has 5 aromatic carbocycles. The molecule has 0 saturated heterocycles. The molecular weight excluding hydrogens is 779 g/mol. The molecule has 0 atom stereocenters. The molecule has 54 heavy (non-hydrogen) atoms. The minimum absolute atomic E-state index is 0.0355. The number of hydrogen-bond donors (Lipinski definition) is 5. The van der Waals surface area contributed by atoms with Crippen LogP contribution in [-0.4, -0.2) is 59.2 Å². The highest BCUT2D eigenvalue weighted by Crippen LogP contribution is 2.45. The number of benzene rings is 5. The maximum Gasteiger partial charge on any atom is 0.294 e. The number of nitrogens with zero attached hydrogens (tertiary/aromatic N) is 7. The van der Waals surface area contributed by atoms with Gasteiger partial charge in [-0.15, -0.1) is 29.9 Å². The van der Waals surface area contributed by atoms with Crippen molar-refractivity contribution in [3.8, 4) is 17.2 Å². The van der Waals surface area contributed by atoms with E-state index in [1.807, 2.05) is 0 Å². The van der Waals surface area contributed by atoms with Gasteiger partial charge in [0, 0.05) is 16.8 Å². The minimum Gasteiger partial charge on any atom is -0.505 e. The zero-order chi connectivity index (χ0) is 39.0. The third kappa shape index (κ3) is 9.51. The number of phenols is 3. The predicted molar refractivity (Wildman–Crippen MR) is 188 cm³/mol. The van der Waals surface area contributed by atoms with Crippen LogP contribution in [0.2, 0.25) is 0 Å². The van der Waals surface area contributed by atoms with E-state index >= 15 is 0 Å². The normalized spacial score (nSPS) is 12.4. The molecule has 5 aromatic rings. The zero-order valence-corrected chi connectivity index (χ0v) is 29.2. The summed E-state index contributed by atoms with van der Waals surface area (Å²) in [5.41, 5.74) is -0.856. The van der Waals surface area contributed by atoms with Gasteiger partial charge < -0.3 is 15.3 Å². The lowest BCUT2D eigenvalue weighted by Crippen LogP contribution is -2.10. The van der Waals surface area contributed by atoms with Gasteiger partial charge >= 0.3 is 0 Å². The first-order valence-electron chi connectivity index (χ1n) is 14.6. The van der Waals surface area contributed by atoms with Crippen molar-refractivity contribution in [3.05, 3.63) is 95.0 Å². The van der Waals surface area contributed by atoms with E-state index in [0.717, 1.165) is 36.4 Å². The highest BCUT2D eigenvalue weighted by molar-refractivity contribution is 7.91. The Labute approximate surface area is 307 Å². The predicted octanol–water partition coefficient (Wildman–Crippen LogP) is 8.13. The summed E-state index contributed by atoms with van der Waals surface area (Å²) in [6, 6.07) is 17.1. The Morgan fingerprint density at radius 1 is 0.685 bits per heavy atom. The highest BCUT2D eigenvalue weighted by atomic mass is 32.2. The summed E-state index contributed by atoms with van der Waals surface area (Å²) in [4.78, 5) is 9.67. The van der Waals surface area contributed by atoms with Gasteiger partial charge in [0.25, 0.3) is 15.8 Å². The fraction of sp³-hybridized carbons (Fsp3) is 0.0667. The van der Waals surface area contributed by atoms with Crippen LogP contribution in [0.25, 0.3) is 10.8 Å². The average molecular weight is 802 g/mol. The molecule has 0 heterocycles. The summed E-state index contributed by atoms with van der Waals surface area (Å²) in [6.45, 7) is -0.277. The summed E-state index contributed by atoms with van der Waals surface area (Å²) >= 11 is 0.242. The number of non-ortho nitro benzene ring substituents is 1. The number of nitro groups is 1. The molecule has 0 aliphatic rings. The second-order valence-corrected chi connectivity index (χ2v) is 14.5. The van der Waals surface area contributed by atoms with E-state index in [0.29, 0.717) is 5.39 Å². The van der Waals surface area contributed by atoms with Gasteiger partial charge in [-0.3, -0.25) is 18.9 Å². The lowest BCUT2D eigenvalue weighted by molar-refractivity contribution is -0.434. The van der Waals surface area contributed by atoms with Crippen LogP contribution < -0.4 is 0 Å². The number of fused-ring (bicyclic) bond motifs is 1. The van der Waals surface area contributed by atoms with Crippen molar-refractivity contribution in [2.24, 2.45) is 30.7 Å². The maximum absolute atomic E-state index is 12.5. The third-order valence-corrected chi connectivity index (χ3v) is 9.98. The number of rotatable bonds is 15. The van der Waals surface area contributed by atoms with Crippen LogP contribution in [0.15, 0.2) is 125 Å². The lowest BCUT2D eigenvalue weighted by Gasteiger charge is -2.07. The molecule has 0 aromatic heterocycles. The van der Waals surface area contributed by atoms with Crippen molar-refractivity contribution in [1.29, 1.82) is 0 Å². The van der Waals surface area contributed by atoms with Crippen LogP contribution in [0.1, 0.15) is 0 Å². The summed E-state index contributed by atoms with van der Waals surface area (Å²) in [5.74, 6) is -2.25. The first kappa shape index (κ1) is 39.2. The van der Waals surface area contributed by atoms with Gasteiger partial charge in [-0.05, 0) is 66.7 Å². The Balaban J connectivity index is 1.43. The summed E-state index contributed by atoms with van der Waals surface area (Å²) in [6.07, 6.45) is 0. The second-order valence-electron chi connectivity index (χ2n) is 10.5. The van der Waals surface area contributed by atoms with Crippen LogP contribution in [0.3, 0.4) is 0 Å². The molecule has 24 heteroatoms. The molecule has 280 valence electrons. The van der Waals surface area contributed by atoms with Crippen LogP contribution in [0.5, 0.6) is 17.2 Å². The van der Waals surface area contributed by atoms with Crippen molar-refractivity contribution in [2.75, 3.05) is 12.4 Å². The average Bonchev–Trinajstić information content (AvgIpc) is 3.13. The molecule has 0 amide bonds. The Hall–Kier alpha value is -5.99. The molecule has 0 unspecified atom stereocenters. The Kier molecular flexibility index (Phi) is 12.2. The Morgan fingerprint density at radius 2 is 1.30 bits per heavy atom. The molecule has 5 rings (SSSR count). The van der Waals surface area contributed by atoms with Crippen molar-refractivity contribution in [3.63, 3.8) is 0 Å². The van der Waals surface area contributed by atoms with Crippen LogP contribution in [0, 0.1) is 10.1 Å². The summed E-state index contributed by atoms with van der Waals surface area (Å²) < 4.78 is 67.5. The number of phenolic OH excluding ortho intramolecular Hbond substituents is 3. The molecule has 0 radical (unpaired) electrons. The van der Waals surface area contributed by atoms with E-state index < -0.39 is 64.2 Å². The van der Waals surface area contributed by atoms with Gasteiger partial charge in [0.1, 0.15) is 22.9 Å². The zero-order valence-electron chi connectivity index (χ0n) is 26.8. The SMILES string of the molecule is O=[N+]([O-])c1ccc(/N=N/c2c(O)ccc(/N=N/c3ccc(/N=N/c4ccc(S(=O)(=O)CCOSOOO)cc4)c4ccc(S(=O)(=O)O)cc34)c2O)c(O)c1. The highest BCUT2D eigenvalue weighted by Gasteiger charge is 2.17. The van der Waals surface area contributed by atoms with Crippen LogP contribution in [0.4, 0.5) is 39.8 Å². The van der Waals surface area contributed by atoms with Gasteiger partial charge in [-0.1, -0.05) is 11.1 Å². The number of sulfone groups is 1. The van der Waals surface area contributed by atoms with E-state index in [-0.39, 0.29) is 57.6 Å². The van der Waals surface area contributed by atoms with Gasteiger partial charge in [-0.2, -0.15) is 13.5 Å². The molecule has 0 aliphatic heterocycles. The first-order chi connectivity index (χ1) is 25.7. The van der Waals surface area contributed by atoms with Gasteiger partial charge in [-0.25, -0.2) is 13.7 Å². The van der Waals surface area contributed by atoms with E-state index in [4.69, 9.17) is 9.44 Å². The monoisotopic (exact) mass is 801 g/mol. The standard InChI is InChI=1S/C30H23N7O14S3/c38-27-12-11-26(30(40)29(27)36-34-25-8-3-18(37(41)42)15-28(25)39)35-33-24-10-9-23(21-7-6-20(16-22(21)24)54(46,47)48)32-31-17-1-4-19(5-2-17)53(44,45)14-13-49-52-51-50-43/h1-12,15-16,38-40,43H,13-14H2,(H,46,47,48)/b32-31+,35-33+,36-34+. The molecule has 0 fully saturated rings. The fourth-order valence-corrected chi connectivity index (χ4v) is 6.37. The van der Waals surface area contributed by atoms with Gasteiger partial charge in [0.15, 0.2) is 33.6 Å². The Bertz CT molecular complexity index is 2530. The first-order valence-corrected chi connectivity index (χ1v) is 18.3. The summed E-state index contributed by atoms with van der Waals surface area (Å²) in [5, 5.41) is 77.8. The number of aromatic hydroxyl groups is 3. The van der Waals surface area contributed by atoms with E-state index in [9.17, 15) is 46.8 Å². The molecule has 0 aliphatic carbocycles. The molecule has 0 spiro atoms. The van der Waals surface area contributed by atoms with E-state index in [1.165, 1.54) is 48.5 Å².